The predicted molar refractivity (Wildman–Crippen MR) is 92.0 cm³/mol. The average molecular weight is 337 g/mol. The Morgan fingerprint density at radius 3 is 2.65 bits per heavy atom. The molecular weight excluding hydrogens is 314 g/mol. The SMILES string of the molecule is CCCCS(=O)(=O)Nc1cc(C=CC2CC2C)cc(C(=O)O)c1. The third kappa shape index (κ3) is 5.39. The number of carboxylic acids is 1. The summed E-state index contributed by atoms with van der Waals surface area (Å²) >= 11 is 0. The lowest BCUT2D eigenvalue weighted by atomic mass is 10.1. The summed E-state index contributed by atoms with van der Waals surface area (Å²) < 4.78 is 26.5. The van der Waals surface area contributed by atoms with Crippen LogP contribution in [0.1, 0.15) is 49.0 Å². The van der Waals surface area contributed by atoms with Gasteiger partial charge in [0.05, 0.1) is 11.3 Å². The quantitative estimate of drug-likeness (QED) is 0.759. The molecule has 2 unspecified atom stereocenters. The van der Waals surface area contributed by atoms with E-state index in [9.17, 15) is 18.3 Å². The monoisotopic (exact) mass is 337 g/mol. The van der Waals surface area contributed by atoms with Crippen molar-refractivity contribution in [1.82, 2.24) is 0 Å². The molecular formula is C17H23NO4S. The van der Waals surface area contributed by atoms with Crippen LogP contribution in [0, 0.1) is 11.8 Å². The highest BCUT2D eigenvalue weighted by Gasteiger charge is 2.29. The van der Waals surface area contributed by atoms with Crippen molar-refractivity contribution in [3.63, 3.8) is 0 Å². The van der Waals surface area contributed by atoms with Crippen molar-refractivity contribution in [3.8, 4) is 0 Å². The molecule has 1 aliphatic rings. The Labute approximate surface area is 137 Å². The second-order valence-electron chi connectivity index (χ2n) is 6.16. The second kappa shape index (κ2) is 7.17. The number of sulfonamides is 1. The van der Waals surface area contributed by atoms with Gasteiger partial charge in [0, 0.05) is 5.69 Å². The molecule has 6 heteroatoms. The van der Waals surface area contributed by atoms with Gasteiger partial charge in [0.25, 0.3) is 0 Å². The Kier molecular flexibility index (Phi) is 5.46. The number of hydrogen-bond donors (Lipinski definition) is 2. The van der Waals surface area contributed by atoms with E-state index in [0.717, 1.165) is 12.8 Å². The minimum absolute atomic E-state index is 0.0333. The Balaban J connectivity index is 2.22. The van der Waals surface area contributed by atoms with Crippen LogP contribution >= 0.6 is 0 Å². The van der Waals surface area contributed by atoms with Gasteiger partial charge in [-0.2, -0.15) is 0 Å². The van der Waals surface area contributed by atoms with Crippen LogP contribution in [0.4, 0.5) is 5.69 Å². The molecule has 23 heavy (non-hydrogen) atoms. The van der Waals surface area contributed by atoms with Gasteiger partial charge in [-0.25, -0.2) is 13.2 Å². The van der Waals surface area contributed by atoms with Gasteiger partial charge in [-0.3, -0.25) is 4.72 Å². The lowest BCUT2D eigenvalue weighted by Gasteiger charge is -2.09. The summed E-state index contributed by atoms with van der Waals surface area (Å²) in [5, 5.41) is 9.20. The minimum atomic E-state index is -3.45. The summed E-state index contributed by atoms with van der Waals surface area (Å²) in [6, 6.07) is 4.57. The van der Waals surface area contributed by atoms with E-state index in [0.29, 0.717) is 29.5 Å². The van der Waals surface area contributed by atoms with E-state index < -0.39 is 16.0 Å². The van der Waals surface area contributed by atoms with Gasteiger partial charge < -0.3 is 5.11 Å². The first kappa shape index (κ1) is 17.5. The molecule has 0 aliphatic heterocycles. The van der Waals surface area contributed by atoms with Gasteiger partial charge in [0.1, 0.15) is 0 Å². The van der Waals surface area contributed by atoms with Gasteiger partial charge in [-0.05, 0) is 48.4 Å². The molecule has 126 valence electrons. The zero-order valence-electron chi connectivity index (χ0n) is 13.5. The fraction of sp³-hybridized carbons (Fsp3) is 0.471. The van der Waals surface area contributed by atoms with Crippen molar-refractivity contribution in [2.75, 3.05) is 10.5 Å². The Bertz CT molecular complexity index is 709. The summed E-state index contributed by atoms with van der Waals surface area (Å²) in [7, 11) is -3.45. The second-order valence-corrected chi connectivity index (χ2v) is 8.00. The van der Waals surface area contributed by atoms with Gasteiger partial charge in [0.2, 0.25) is 10.0 Å². The maximum Gasteiger partial charge on any atom is 0.335 e. The minimum Gasteiger partial charge on any atom is -0.478 e. The van der Waals surface area contributed by atoms with Crippen LogP contribution in [0.2, 0.25) is 0 Å². The normalized spacial score (nSPS) is 20.6. The van der Waals surface area contributed by atoms with Crippen molar-refractivity contribution in [1.29, 1.82) is 0 Å². The zero-order chi connectivity index (χ0) is 17.0. The summed E-state index contributed by atoms with van der Waals surface area (Å²) in [6.07, 6.45) is 6.42. The molecule has 1 aromatic rings. The van der Waals surface area contributed by atoms with E-state index in [-0.39, 0.29) is 11.3 Å². The number of anilines is 1. The number of hydrogen-bond acceptors (Lipinski definition) is 3. The molecule has 0 radical (unpaired) electrons. The predicted octanol–water partition coefficient (Wildman–Crippen LogP) is 3.60. The lowest BCUT2D eigenvalue weighted by molar-refractivity contribution is 0.0697. The van der Waals surface area contributed by atoms with Crippen LogP contribution < -0.4 is 4.72 Å². The fourth-order valence-corrected chi connectivity index (χ4v) is 3.60. The fourth-order valence-electron chi connectivity index (χ4n) is 2.35. The Hall–Kier alpha value is -1.82. The largest absolute Gasteiger partial charge is 0.478 e. The molecule has 2 rings (SSSR count). The topological polar surface area (TPSA) is 83.5 Å². The highest BCUT2D eigenvalue weighted by atomic mass is 32.2. The molecule has 1 fully saturated rings. The van der Waals surface area contributed by atoms with Crippen LogP contribution in [0.5, 0.6) is 0 Å². The molecule has 2 atom stereocenters. The van der Waals surface area contributed by atoms with E-state index in [1.165, 1.54) is 6.07 Å². The molecule has 0 aromatic heterocycles. The number of allylic oxidation sites excluding steroid dienone is 1. The van der Waals surface area contributed by atoms with Crippen molar-refractivity contribution < 1.29 is 18.3 Å². The van der Waals surface area contributed by atoms with Gasteiger partial charge in [-0.15, -0.1) is 0 Å². The third-order valence-corrected chi connectivity index (χ3v) is 5.32. The molecule has 0 heterocycles. The molecule has 1 saturated carbocycles. The standard InChI is InChI=1S/C17H23NO4S/c1-3-4-7-23(21,22)18-16-10-13(5-6-14-8-12(14)2)9-15(11-16)17(19)20/h5-6,9-12,14,18H,3-4,7-8H2,1-2H3,(H,19,20). The first-order chi connectivity index (χ1) is 10.8. The number of nitrogens with one attached hydrogen (secondary N) is 1. The first-order valence-electron chi connectivity index (χ1n) is 7.88. The summed E-state index contributed by atoms with van der Waals surface area (Å²) in [5.41, 5.74) is 1.06. The van der Waals surface area contributed by atoms with Gasteiger partial charge >= 0.3 is 5.97 Å². The molecule has 1 aliphatic carbocycles. The van der Waals surface area contributed by atoms with Gasteiger partial charge in [-0.1, -0.05) is 32.4 Å². The van der Waals surface area contributed by atoms with Crippen LogP contribution in [0.3, 0.4) is 0 Å². The first-order valence-corrected chi connectivity index (χ1v) is 9.53. The lowest BCUT2D eigenvalue weighted by Crippen LogP contribution is -2.17. The highest BCUT2D eigenvalue weighted by molar-refractivity contribution is 7.92. The van der Waals surface area contributed by atoms with Crippen LogP contribution in [0.25, 0.3) is 6.08 Å². The molecule has 0 saturated heterocycles. The number of benzene rings is 1. The summed E-state index contributed by atoms with van der Waals surface area (Å²) in [4.78, 5) is 11.2. The summed E-state index contributed by atoms with van der Waals surface area (Å²) in [6.45, 7) is 4.08. The van der Waals surface area contributed by atoms with Crippen molar-refractivity contribution in [2.45, 2.75) is 33.1 Å². The zero-order valence-corrected chi connectivity index (χ0v) is 14.3. The number of unbranched alkanes of at least 4 members (excludes halogenated alkanes) is 1. The van der Waals surface area contributed by atoms with Crippen LogP contribution in [0.15, 0.2) is 24.3 Å². The van der Waals surface area contributed by atoms with Crippen LogP contribution in [-0.2, 0) is 10.0 Å². The maximum atomic E-state index is 12.0. The van der Waals surface area contributed by atoms with Crippen molar-refractivity contribution in [2.24, 2.45) is 11.8 Å². The van der Waals surface area contributed by atoms with Crippen molar-refractivity contribution in [3.05, 3.63) is 35.4 Å². The van der Waals surface area contributed by atoms with E-state index in [4.69, 9.17) is 0 Å². The number of aromatic carboxylic acids is 1. The molecule has 0 amide bonds. The van der Waals surface area contributed by atoms with E-state index in [1.807, 2.05) is 13.0 Å². The maximum absolute atomic E-state index is 12.0. The summed E-state index contributed by atoms with van der Waals surface area (Å²) in [5.74, 6) is 0.161. The molecule has 0 spiro atoms. The molecule has 2 N–H and O–H groups in total. The Morgan fingerprint density at radius 2 is 2.09 bits per heavy atom. The number of carboxylic acid groups (broad SMARTS) is 1. The smallest absolute Gasteiger partial charge is 0.335 e. The Morgan fingerprint density at radius 1 is 1.39 bits per heavy atom. The third-order valence-electron chi connectivity index (χ3n) is 3.95. The van der Waals surface area contributed by atoms with Crippen LogP contribution in [-0.4, -0.2) is 25.2 Å². The van der Waals surface area contributed by atoms with E-state index in [1.54, 1.807) is 12.1 Å². The number of carbonyl (C=O) groups is 1. The molecule has 0 bridgehead atoms. The van der Waals surface area contributed by atoms with Crippen molar-refractivity contribution >= 4 is 27.8 Å². The molecule has 1 aromatic carbocycles. The number of rotatable bonds is 8. The van der Waals surface area contributed by atoms with E-state index in [2.05, 4.69) is 17.7 Å². The molecule has 5 nitrogen and oxygen atoms in total. The average Bonchev–Trinajstić information content (AvgIpc) is 3.18. The van der Waals surface area contributed by atoms with Gasteiger partial charge in [0.15, 0.2) is 0 Å². The van der Waals surface area contributed by atoms with E-state index >= 15 is 0 Å². The highest BCUT2D eigenvalue weighted by Crippen LogP contribution is 2.39.